The molecule has 1 unspecified atom stereocenters. The van der Waals surface area contributed by atoms with Crippen LogP contribution in [0, 0.1) is 5.92 Å². The van der Waals surface area contributed by atoms with Gasteiger partial charge < -0.3 is 14.6 Å². The summed E-state index contributed by atoms with van der Waals surface area (Å²) in [6, 6.07) is 21.0. The molecule has 1 heterocycles. The number of amides is 1. The monoisotopic (exact) mass is 513 g/mol. The normalized spacial score (nSPS) is 16.9. The first-order valence-electron chi connectivity index (χ1n) is 13.1. The number of benzene rings is 3. The summed E-state index contributed by atoms with van der Waals surface area (Å²) in [5.41, 5.74) is 2.87. The fraction of sp³-hybridized carbons (Fsp3) is 0.312. The molecule has 0 saturated carbocycles. The second-order valence-electron chi connectivity index (χ2n) is 10.2. The zero-order valence-corrected chi connectivity index (χ0v) is 22.6. The van der Waals surface area contributed by atoms with Crippen LogP contribution in [0.3, 0.4) is 0 Å². The number of aliphatic hydroxyl groups is 1. The summed E-state index contributed by atoms with van der Waals surface area (Å²) in [7, 11) is 0. The van der Waals surface area contributed by atoms with Crippen LogP contribution in [0.5, 0.6) is 11.5 Å². The van der Waals surface area contributed by atoms with Crippen LogP contribution in [0.15, 0.2) is 78.4 Å². The predicted molar refractivity (Wildman–Crippen MR) is 150 cm³/mol. The largest absolute Gasteiger partial charge is 0.507 e. The summed E-state index contributed by atoms with van der Waals surface area (Å²) in [5.74, 6) is 0.316. The molecule has 1 saturated heterocycles. The van der Waals surface area contributed by atoms with Gasteiger partial charge in [-0.3, -0.25) is 14.5 Å². The van der Waals surface area contributed by atoms with Crippen LogP contribution in [-0.2, 0) is 9.59 Å². The molecule has 198 valence electrons. The van der Waals surface area contributed by atoms with E-state index in [4.69, 9.17) is 9.47 Å². The Labute approximate surface area is 224 Å². The van der Waals surface area contributed by atoms with Gasteiger partial charge >= 0.3 is 0 Å². The second-order valence-corrected chi connectivity index (χ2v) is 10.2. The maximum absolute atomic E-state index is 13.5. The summed E-state index contributed by atoms with van der Waals surface area (Å²) < 4.78 is 11.4. The van der Waals surface area contributed by atoms with Gasteiger partial charge in [-0.15, -0.1) is 0 Å². The van der Waals surface area contributed by atoms with Crippen molar-refractivity contribution in [1.82, 2.24) is 0 Å². The number of ketones is 1. The van der Waals surface area contributed by atoms with E-state index in [1.54, 1.807) is 48.5 Å². The van der Waals surface area contributed by atoms with E-state index in [1.165, 1.54) is 4.90 Å². The van der Waals surface area contributed by atoms with E-state index in [2.05, 4.69) is 27.7 Å². The van der Waals surface area contributed by atoms with Crippen molar-refractivity contribution < 1.29 is 24.2 Å². The number of nitrogens with zero attached hydrogens (tertiary/aromatic N) is 1. The van der Waals surface area contributed by atoms with Gasteiger partial charge in [0, 0.05) is 17.3 Å². The number of anilines is 1. The summed E-state index contributed by atoms with van der Waals surface area (Å²) in [4.78, 5) is 28.4. The van der Waals surface area contributed by atoms with Gasteiger partial charge in [0.15, 0.2) is 0 Å². The lowest BCUT2D eigenvalue weighted by Gasteiger charge is -2.26. The molecule has 38 heavy (non-hydrogen) atoms. The Bertz CT molecular complexity index is 1320. The van der Waals surface area contributed by atoms with Crippen LogP contribution in [-0.4, -0.2) is 30.0 Å². The number of rotatable bonds is 9. The van der Waals surface area contributed by atoms with E-state index in [9.17, 15) is 14.7 Å². The Morgan fingerprint density at radius 1 is 0.895 bits per heavy atom. The number of hydrogen-bond acceptors (Lipinski definition) is 5. The van der Waals surface area contributed by atoms with Crippen molar-refractivity contribution in [3.8, 4) is 11.5 Å². The average molecular weight is 514 g/mol. The van der Waals surface area contributed by atoms with Crippen molar-refractivity contribution in [3.63, 3.8) is 0 Å². The van der Waals surface area contributed by atoms with Gasteiger partial charge in [0.05, 0.1) is 24.8 Å². The highest BCUT2D eigenvalue weighted by Crippen LogP contribution is 2.43. The minimum Gasteiger partial charge on any atom is -0.507 e. The maximum Gasteiger partial charge on any atom is 0.300 e. The van der Waals surface area contributed by atoms with E-state index >= 15 is 0 Å². The first kappa shape index (κ1) is 27.0. The third kappa shape index (κ3) is 5.59. The molecule has 0 radical (unpaired) electrons. The van der Waals surface area contributed by atoms with Crippen molar-refractivity contribution >= 4 is 23.1 Å². The number of Topliss-reactive ketones (excluding diaryl/α,β-unsaturated/α-hetero) is 1. The van der Waals surface area contributed by atoms with Gasteiger partial charge in [0.1, 0.15) is 17.3 Å². The molecule has 1 N–H and O–H groups in total. The first-order chi connectivity index (χ1) is 18.2. The fourth-order valence-corrected chi connectivity index (χ4v) is 4.49. The fourth-order valence-electron chi connectivity index (χ4n) is 4.49. The molecule has 0 bridgehead atoms. The predicted octanol–water partition coefficient (Wildman–Crippen LogP) is 6.87. The Kier molecular flexibility index (Phi) is 8.20. The minimum atomic E-state index is -0.801. The molecule has 1 fully saturated rings. The van der Waals surface area contributed by atoms with Gasteiger partial charge in [-0.05, 0) is 66.3 Å². The SMILES string of the molecule is CCOc1cccc(N2C(=O)C(=O)/C(=C(/O)c3ccc(OCC(C)C)cc3)C2c2ccc(C(C)C)cc2)c1. The second kappa shape index (κ2) is 11.5. The van der Waals surface area contributed by atoms with Gasteiger partial charge in [-0.1, -0.05) is 58.0 Å². The summed E-state index contributed by atoms with van der Waals surface area (Å²) >= 11 is 0. The lowest BCUT2D eigenvalue weighted by molar-refractivity contribution is -0.132. The lowest BCUT2D eigenvalue weighted by atomic mass is 9.93. The molecular weight excluding hydrogens is 478 g/mol. The quantitative estimate of drug-likeness (QED) is 0.192. The molecule has 6 nitrogen and oxygen atoms in total. The van der Waals surface area contributed by atoms with Crippen LogP contribution < -0.4 is 14.4 Å². The molecule has 0 aliphatic carbocycles. The van der Waals surface area contributed by atoms with Crippen molar-refractivity contribution in [1.29, 1.82) is 0 Å². The minimum absolute atomic E-state index is 0.0463. The molecule has 1 atom stereocenters. The van der Waals surface area contributed by atoms with Gasteiger partial charge in [-0.25, -0.2) is 0 Å². The zero-order chi connectivity index (χ0) is 27.4. The number of aliphatic hydroxyl groups excluding tert-OH is 1. The van der Waals surface area contributed by atoms with Crippen LogP contribution in [0.2, 0.25) is 0 Å². The van der Waals surface area contributed by atoms with Crippen LogP contribution >= 0.6 is 0 Å². The number of carbonyl (C=O) groups is 2. The standard InChI is InChI=1S/C32H35NO5/c1-6-37-27-9-7-8-25(18-27)33-29(23-12-10-22(11-13-23)21(4)5)28(31(35)32(33)36)30(34)24-14-16-26(17-15-24)38-19-20(2)3/h7-18,20-21,29,34H,6,19H2,1-5H3/b30-28+. The Morgan fingerprint density at radius 2 is 1.58 bits per heavy atom. The van der Waals surface area contributed by atoms with Gasteiger partial charge in [0.25, 0.3) is 11.7 Å². The highest BCUT2D eigenvalue weighted by Gasteiger charge is 2.47. The van der Waals surface area contributed by atoms with Gasteiger partial charge in [-0.2, -0.15) is 0 Å². The highest BCUT2D eigenvalue weighted by atomic mass is 16.5. The van der Waals surface area contributed by atoms with Crippen molar-refractivity contribution in [2.45, 2.75) is 46.6 Å². The molecule has 0 aromatic heterocycles. The van der Waals surface area contributed by atoms with Crippen LogP contribution in [0.4, 0.5) is 5.69 Å². The summed E-state index contributed by atoms with van der Waals surface area (Å²) in [5, 5.41) is 11.4. The third-order valence-electron chi connectivity index (χ3n) is 6.48. The lowest BCUT2D eigenvalue weighted by Crippen LogP contribution is -2.29. The van der Waals surface area contributed by atoms with E-state index in [0.29, 0.717) is 47.8 Å². The molecule has 1 amide bonds. The Morgan fingerprint density at radius 3 is 2.18 bits per heavy atom. The van der Waals surface area contributed by atoms with Crippen LogP contribution in [0.1, 0.15) is 63.3 Å². The molecule has 4 rings (SSSR count). The van der Waals surface area contributed by atoms with E-state index in [1.807, 2.05) is 31.2 Å². The summed E-state index contributed by atoms with van der Waals surface area (Å²) in [6.45, 7) is 11.3. The first-order valence-corrected chi connectivity index (χ1v) is 13.1. The number of ether oxygens (including phenoxy) is 2. The Hall–Kier alpha value is -4.06. The molecule has 1 aliphatic rings. The zero-order valence-electron chi connectivity index (χ0n) is 22.6. The highest BCUT2D eigenvalue weighted by molar-refractivity contribution is 6.51. The van der Waals surface area contributed by atoms with Crippen molar-refractivity contribution in [2.24, 2.45) is 5.92 Å². The average Bonchev–Trinajstić information content (AvgIpc) is 3.18. The Balaban J connectivity index is 1.82. The van der Waals surface area contributed by atoms with Crippen molar-refractivity contribution in [3.05, 3.63) is 95.1 Å². The van der Waals surface area contributed by atoms with Crippen LogP contribution in [0.25, 0.3) is 5.76 Å². The summed E-state index contributed by atoms with van der Waals surface area (Å²) in [6.07, 6.45) is 0. The van der Waals surface area contributed by atoms with E-state index in [-0.39, 0.29) is 11.3 Å². The molecule has 6 heteroatoms. The molecule has 3 aromatic carbocycles. The van der Waals surface area contributed by atoms with Crippen molar-refractivity contribution in [2.75, 3.05) is 18.1 Å². The molecule has 3 aromatic rings. The van der Waals surface area contributed by atoms with Gasteiger partial charge in [0.2, 0.25) is 0 Å². The molecular formula is C32H35NO5. The van der Waals surface area contributed by atoms with E-state index in [0.717, 1.165) is 11.1 Å². The third-order valence-corrected chi connectivity index (χ3v) is 6.48. The number of carbonyl (C=O) groups excluding carboxylic acids is 2. The topological polar surface area (TPSA) is 76.1 Å². The number of hydrogen-bond donors (Lipinski definition) is 1. The maximum atomic E-state index is 13.5. The molecule has 1 aliphatic heterocycles. The smallest absolute Gasteiger partial charge is 0.300 e. The molecule has 0 spiro atoms. The van der Waals surface area contributed by atoms with E-state index < -0.39 is 17.7 Å².